The van der Waals surface area contributed by atoms with Crippen LogP contribution in [0.25, 0.3) is 0 Å². The van der Waals surface area contributed by atoms with E-state index in [2.05, 4.69) is 11.8 Å². The summed E-state index contributed by atoms with van der Waals surface area (Å²) >= 11 is 0. The first-order valence-electron chi connectivity index (χ1n) is 6.79. The van der Waals surface area contributed by atoms with Gasteiger partial charge in [0.25, 0.3) is 0 Å². The van der Waals surface area contributed by atoms with E-state index in [1.807, 2.05) is 0 Å². The second kappa shape index (κ2) is 3.97. The molecule has 16 heavy (non-hydrogen) atoms. The average molecular weight is 224 g/mol. The van der Waals surface area contributed by atoms with Gasteiger partial charge in [-0.05, 0) is 31.1 Å². The molecule has 2 N–H and O–H groups in total. The third-order valence-corrected chi connectivity index (χ3v) is 4.86. The molecule has 2 heterocycles. The summed E-state index contributed by atoms with van der Waals surface area (Å²) in [6, 6.07) is 0.410. The molecule has 2 aliphatic heterocycles. The fraction of sp³-hybridized carbons (Fsp3) is 1.00. The molecular weight excluding hydrogens is 200 g/mol. The van der Waals surface area contributed by atoms with Crippen LogP contribution in [-0.2, 0) is 4.74 Å². The first-order valence-corrected chi connectivity index (χ1v) is 6.79. The van der Waals surface area contributed by atoms with E-state index < -0.39 is 0 Å². The number of likely N-dealkylation sites (tertiary alicyclic amines) is 1. The maximum Gasteiger partial charge on any atom is 0.0707 e. The Hall–Kier alpha value is -0.120. The maximum atomic E-state index is 6.26. The van der Waals surface area contributed by atoms with E-state index in [4.69, 9.17) is 10.5 Å². The van der Waals surface area contributed by atoms with Crippen molar-refractivity contribution in [2.24, 2.45) is 11.1 Å². The number of nitrogens with zero attached hydrogens (tertiary/aromatic N) is 1. The standard InChI is InChI=1S/C13H24N2O/c1-13(6-2-3-12(13)14)9-15-7-10-4-5-11(8-15)16-10/h10-12H,2-9,14H2,1H3. The predicted molar refractivity (Wildman–Crippen MR) is 64.3 cm³/mol. The summed E-state index contributed by atoms with van der Waals surface area (Å²) in [5, 5.41) is 0. The molecule has 0 aromatic rings. The van der Waals surface area contributed by atoms with Gasteiger partial charge < -0.3 is 10.5 Å². The highest BCUT2D eigenvalue weighted by Crippen LogP contribution is 2.38. The molecule has 2 saturated heterocycles. The predicted octanol–water partition coefficient (Wildman–Crippen LogP) is 1.37. The van der Waals surface area contributed by atoms with Gasteiger partial charge in [0.2, 0.25) is 0 Å². The number of hydrogen-bond donors (Lipinski definition) is 1. The van der Waals surface area contributed by atoms with Gasteiger partial charge in [0.15, 0.2) is 0 Å². The summed E-state index contributed by atoms with van der Waals surface area (Å²) in [5.74, 6) is 0. The van der Waals surface area contributed by atoms with Crippen molar-refractivity contribution in [1.82, 2.24) is 4.90 Å². The largest absolute Gasteiger partial charge is 0.372 e. The Bertz CT molecular complexity index is 259. The molecule has 3 nitrogen and oxygen atoms in total. The second-order valence-corrected chi connectivity index (χ2v) is 6.30. The van der Waals surface area contributed by atoms with Crippen molar-refractivity contribution >= 4 is 0 Å². The summed E-state index contributed by atoms with van der Waals surface area (Å²) in [4.78, 5) is 2.61. The van der Waals surface area contributed by atoms with Gasteiger partial charge in [0.05, 0.1) is 12.2 Å². The highest BCUT2D eigenvalue weighted by atomic mass is 16.5. The SMILES string of the molecule is CC1(CN2CC3CCC(C2)O3)CCCC1N. The van der Waals surface area contributed by atoms with E-state index in [0.29, 0.717) is 23.7 Å². The molecule has 0 aromatic carbocycles. The Morgan fingerprint density at radius 3 is 2.50 bits per heavy atom. The lowest BCUT2D eigenvalue weighted by Gasteiger charge is -2.39. The smallest absolute Gasteiger partial charge is 0.0707 e. The molecule has 3 aliphatic rings. The van der Waals surface area contributed by atoms with Crippen molar-refractivity contribution < 1.29 is 4.74 Å². The monoisotopic (exact) mass is 224 g/mol. The molecule has 4 atom stereocenters. The normalized spacial score (nSPS) is 48.8. The molecule has 0 spiro atoms. The van der Waals surface area contributed by atoms with E-state index in [1.165, 1.54) is 38.6 Å². The minimum absolute atomic E-state index is 0.358. The van der Waals surface area contributed by atoms with Crippen molar-refractivity contribution in [3.05, 3.63) is 0 Å². The number of hydrogen-bond acceptors (Lipinski definition) is 3. The van der Waals surface area contributed by atoms with Crippen LogP contribution in [-0.4, -0.2) is 42.8 Å². The van der Waals surface area contributed by atoms with Crippen molar-refractivity contribution in [2.75, 3.05) is 19.6 Å². The van der Waals surface area contributed by atoms with Gasteiger partial charge in [-0.25, -0.2) is 0 Å². The topological polar surface area (TPSA) is 38.5 Å². The molecule has 92 valence electrons. The molecule has 1 aliphatic carbocycles. The Morgan fingerprint density at radius 1 is 1.25 bits per heavy atom. The fourth-order valence-electron chi connectivity index (χ4n) is 3.80. The molecular formula is C13H24N2O. The molecule has 2 bridgehead atoms. The van der Waals surface area contributed by atoms with Crippen LogP contribution in [0.2, 0.25) is 0 Å². The Balaban J connectivity index is 1.62. The molecule has 0 aromatic heterocycles. The lowest BCUT2D eigenvalue weighted by atomic mass is 9.84. The van der Waals surface area contributed by atoms with Crippen molar-refractivity contribution in [3.8, 4) is 0 Å². The number of ether oxygens (including phenoxy) is 1. The molecule has 0 radical (unpaired) electrons. The van der Waals surface area contributed by atoms with Gasteiger partial charge >= 0.3 is 0 Å². The first-order chi connectivity index (χ1) is 7.66. The van der Waals surface area contributed by atoms with Crippen LogP contribution in [0.5, 0.6) is 0 Å². The average Bonchev–Trinajstić information content (AvgIpc) is 2.72. The van der Waals surface area contributed by atoms with Gasteiger partial charge in [-0.2, -0.15) is 0 Å². The first kappa shape index (κ1) is 11.0. The van der Waals surface area contributed by atoms with Gasteiger partial charge in [-0.15, -0.1) is 0 Å². The highest BCUT2D eigenvalue weighted by Gasteiger charge is 2.41. The van der Waals surface area contributed by atoms with Gasteiger partial charge in [0.1, 0.15) is 0 Å². The van der Waals surface area contributed by atoms with Gasteiger partial charge in [0, 0.05) is 25.7 Å². The van der Waals surface area contributed by atoms with Gasteiger partial charge in [-0.1, -0.05) is 13.3 Å². The molecule has 0 amide bonds. The highest BCUT2D eigenvalue weighted by molar-refractivity contribution is 4.95. The Kier molecular flexibility index (Phi) is 2.73. The molecule has 3 fully saturated rings. The lowest BCUT2D eigenvalue weighted by Crippen LogP contribution is -2.50. The van der Waals surface area contributed by atoms with Crippen molar-refractivity contribution in [3.63, 3.8) is 0 Å². The van der Waals surface area contributed by atoms with Crippen LogP contribution in [0.15, 0.2) is 0 Å². The van der Waals surface area contributed by atoms with Crippen LogP contribution in [0, 0.1) is 5.41 Å². The zero-order chi connectivity index (χ0) is 11.2. The molecule has 1 saturated carbocycles. The number of rotatable bonds is 2. The van der Waals surface area contributed by atoms with E-state index >= 15 is 0 Å². The number of nitrogens with two attached hydrogens (primary N) is 1. The van der Waals surface area contributed by atoms with Crippen LogP contribution in [0.4, 0.5) is 0 Å². The molecule has 3 rings (SSSR count). The van der Waals surface area contributed by atoms with Crippen LogP contribution < -0.4 is 5.73 Å². The van der Waals surface area contributed by atoms with Gasteiger partial charge in [-0.3, -0.25) is 4.90 Å². The lowest BCUT2D eigenvalue weighted by molar-refractivity contribution is -0.0498. The van der Waals surface area contributed by atoms with E-state index in [9.17, 15) is 0 Å². The summed E-state index contributed by atoms with van der Waals surface area (Å²) in [7, 11) is 0. The Labute approximate surface area is 98.3 Å². The maximum absolute atomic E-state index is 6.26. The van der Waals surface area contributed by atoms with E-state index in [1.54, 1.807) is 0 Å². The third kappa shape index (κ3) is 1.89. The Morgan fingerprint density at radius 2 is 1.94 bits per heavy atom. The third-order valence-electron chi connectivity index (χ3n) is 4.86. The van der Waals surface area contributed by atoms with E-state index in [-0.39, 0.29) is 0 Å². The van der Waals surface area contributed by atoms with Crippen LogP contribution >= 0.6 is 0 Å². The minimum Gasteiger partial charge on any atom is -0.372 e. The summed E-state index contributed by atoms with van der Waals surface area (Å²) < 4.78 is 5.88. The fourth-order valence-corrected chi connectivity index (χ4v) is 3.80. The van der Waals surface area contributed by atoms with Crippen molar-refractivity contribution in [1.29, 1.82) is 0 Å². The quantitative estimate of drug-likeness (QED) is 0.770. The summed E-state index contributed by atoms with van der Waals surface area (Å²) in [6.45, 7) is 5.84. The number of morpholine rings is 1. The van der Waals surface area contributed by atoms with E-state index in [0.717, 1.165) is 13.1 Å². The summed E-state index contributed by atoms with van der Waals surface area (Å²) in [5.41, 5.74) is 6.62. The second-order valence-electron chi connectivity index (χ2n) is 6.30. The van der Waals surface area contributed by atoms with Crippen LogP contribution in [0.3, 0.4) is 0 Å². The minimum atomic E-state index is 0.358. The summed E-state index contributed by atoms with van der Waals surface area (Å²) in [6.07, 6.45) is 7.40. The molecule has 4 unspecified atom stereocenters. The van der Waals surface area contributed by atoms with Crippen molar-refractivity contribution in [2.45, 2.75) is 57.3 Å². The zero-order valence-corrected chi connectivity index (χ0v) is 10.3. The molecule has 3 heteroatoms. The number of fused-ring (bicyclic) bond motifs is 2. The zero-order valence-electron chi connectivity index (χ0n) is 10.3. The van der Waals surface area contributed by atoms with Crippen LogP contribution in [0.1, 0.15) is 39.0 Å².